The molecule has 1 fully saturated rings. The molecule has 2 aliphatic heterocycles. The number of likely N-dealkylation sites (tertiary alicyclic amines) is 1. The second-order valence-electron chi connectivity index (χ2n) is 6.83. The second kappa shape index (κ2) is 7.15. The molecule has 0 spiro atoms. The third-order valence-corrected chi connectivity index (χ3v) is 6.57. The van der Waals surface area contributed by atoms with E-state index in [2.05, 4.69) is 18.9 Å². The second-order valence-corrected chi connectivity index (χ2v) is 8.66. The number of hydrogen-bond acceptors (Lipinski definition) is 5. The van der Waals surface area contributed by atoms with Gasteiger partial charge in [0.2, 0.25) is 14.9 Å². The predicted molar refractivity (Wildman–Crippen MR) is 98.3 cm³/mol. The highest BCUT2D eigenvalue weighted by Crippen LogP contribution is 2.32. The number of benzene rings is 1. The van der Waals surface area contributed by atoms with Crippen LogP contribution >= 0.6 is 0 Å². The van der Waals surface area contributed by atoms with E-state index in [1.54, 1.807) is 34.2 Å². The molecule has 0 aliphatic carbocycles. The van der Waals surface area contributed by atoms with Crippen LogP contribution in [-0.2, 0) is 14.6 Å². The molecule has 2 heterocycles. The average molecular weight is 363 g/mol. The van der Waals surface area contributed by atoms with Crippen molar-refractivity contribution < 1.29 is 13.2 Å². The summed E-state index contributed by atoms with van der Waals surface area (Å²) in [6, 6.07) is 6.78. The molecular weight excluding hydrogens is 338 g/mol. The highest BCUT2D eigenvalue weighted by atomic mass is 32.2. The van der Waals surface area contributed by atoms with Gasteiger partial charge in [-0.05, 0) is 37.3 Å². The highest BCUT2D eigenvalue weighted by Gasteiger charge is 2.39. The lowest BCUT2D eigenvalue weighted by atomic mass is 9.99. The summed E-state index contributed by atoms with van der Waals surface area (Å²) in [4.78, 5) is 14.7. The van der Waals surface area contributed by atoms with Gasteiger partial charge in [-0.2, -0.15) is 5.10 Å². The van der Waals surface area contributed by atoms with Crippen LogP contribution in [0.5, 0.6) is 0 Å². The molecule has 1 saturated heterocycles. The molecule has 0 atom stereocenters. The van der Waals surface area contributed by atoms with E-state index in [1.165, 1.54) is 0 Å². The van der Waals surface area contributed by atoms with Gasteiger partial charge in [0.05, 0.1) is 10.6 Å². The molecule has 6 nitrogen and oxygen atoms in total. The number of unbranched alkanes of at least 4 members (excludes halogenated alkanes) is 1. The third kappa shape index (κ3) is 3.42. The van der Waals surface area contributed by atoms with Gasteiger partial charge in [0, 0.05) is 19.6 Å². The fraction of sp³-hybridized carbons (Fsp3) is 0.556. The fourth-order valence-electron chi connectivity index (χ4n) is 3.20. The first kappa shape index (κ1) is 17.9. The molecule has 136 valence electrons. The van der Waals surface area contributed by atoms with Crippen LogP contribution in [0, 0.1) is 5.92 Å². The standard InChI is InChI=1S/C18H25N3O3S/c1-3-4-11-21-15-7-5-6-8-16(15)25(23,24)17(19-21)18(22)20-12-9-14(2)10-13-20/h5-8,14H,3-4,9-13H2,1-2H3. The Hall–Kier alpha value is -1.89. The minimum absolute atomic E-state index is 0.176. The van der Waals surface area contributed by atoms with Gasteiger partial charge in [-0.25, -0.2) is 8.42 Å². The first-order chi connectivity index (χ1) is 11.9. The first-order valence-corrected chi connectivity index (χ1v) is 10.4. The predicted octanol–water partition coefficient (Wildman–Crippen LogP) is 2.65. The lowest BCUT2D eigenvalue weighted by Gasteiger charge is -2.32. The van der Waals surface area contributed by atoms with Crippen LogP contribution in [0.4, 0.5) is 5.69 Å². The Bertz CT molecular complexity index is 781. The maximum absolute atomic E-state index is 13.0. The zero-order valence-corrected chi connectivity index (χ0v) is 15.6. The van der Waals surface area contributed by atoms with Crippen molar-refractivity contribution >= 4 is 26.5 Å². The molecule has 7 heteroatoms. The average Bonchev–Trinajstić information content (AvgIpc) is 2.61. The van der Waals surface area contributed by atoms with Crippen molar-refractivity contribution in [3.8, 4) is 0 Å². The molecule has 0 aromatic heterocycles. The van der Waals surface area contributed by atoms with E-state index in [0.717, 1.165) is 25.7 Å². The minimum atomic E-state index is -3.89. The number of amides is 1. The number of fused-ring (bicyclic) bond motifs is 1. The van der Waals surface area contributed by atoms with Crippen LogP contribution in [0.2, 0.25) is 0 Å². The molecule has 1 amide bonds. The van der Waals surface area contributed by atoms with E-state index in [0.29, 0.717) is 31.2 Å². The maximum Gasteiger partial charge on any atom is 0.286 e. The van der Waals surface area contributed by atoms with Crippen molar-refractivity contribution in [2.75, 3.05) is 24.6 Å². The fourth-order valence-corrected chi connectivity index (χ4v) is 4.68. The number of para-hydroxylation sites is 1. The first-order valence-electron chi connectivity index (χ1n) is 8.94. The van der Waals surface area contributed by atoms with E-state index in [-0.39, 0.29) is 9.94 Å². The summed E-state index contributed by atoms with van der Waals surface area (Å²) in [5.74, 6) is 0.0960. The summed E-state index contributed by atoms with van der Waals surface area (Å²) in [6.45, 7) is 5.99. The molecule has 1 aromatic carbocycles. The highest BCUT2D eigenvalue weighted by molar-refractivity contribution is 8.08. The number of anilines is 1. The van der Waals surface area contributed by atoms with Crippen molar-refractivity contribution in [2.24, 2.45) is 11.0 Å². The number of carbonyl (C=O) groups excluding carboxylic acids is 1. The topological polar surface area (TPSA) is 70.1 Å². The van der Waals surface area contributed by atoms with Crippen molar-refractivity contribution in [1.29, 1.82) is 0 Å². The van der Waals surface area contributed by atoms with Gasteiger partial charge in [0.25, 0.3) is 5.91 Å². The van der Waals surface area contributed by atoms with Crippen LogP contribution in [-0.4, -0.2) is 43.9 Å². The molecule has 0 saturated carbocycles. The summed E-state index contributed by atoms with van der Waals surface area (Å²) in [7, 11) is -3.89. The minimum Gasteiger partial charge on any atom is -0.337 e. The van der Waals surface area contributed by atoms with Gasteiger partial charge >= 0.3 is 0 Å². The maximum atomic E-state index is 13.0. The van der Waals surface area contributed by atoms with Crippen molar-refractivity contribution in [2.45, 2.75) is 44.4 Å². The number of sulfone groups is 1. The van der Waals surface area contributed by atoms with Crippen molar-refractivity contribution in [3.63, 3.8) is 0 Å². The van der Waals surface area contributed by atoms with E-state index in [9.17, 15) is 13.2 Å². The summed E-state index contributed by atoms with van der Waals surface area (Å²) in [6.07, 6.45) is 3.64. The zero-order valence-electron chi connectivity index (χ0n) is 14.8. The van der Waals surface area contributed by atoms with Gasteiger partial charge in [0.1, 0.15) is 0 Å². The number of nitrogens with zero attached hydrogens (tertiary/aromatic N) is 3. The van der Waals surface area contributed by atoms with Crippen LogP contribution in [0.15, 0.2) is 34.3 Å². The molecule has 0 bridgehead atoms. The Labute approximate surface area is 149 Å². The number of rotatable bonds is 4. The van der Waals surface area contributed by atoms with Gasteiger partial charge < -0.3 is 4.90 Å². The Balaban J connectivity index is 1.97. The van der Waals surface area contributed by atoms with Crippen molar-refractivity contribution in [1.82, 2.24) is 4.90 Å². The number of piperidine rings is 1. The molecule has 1 aromatic rings. The van der Waals surface area contributed by atoms with E-state index >= 15 is 0 Å². The third-order valence-electron chi connectivity index (χ3n) is 4.88. The lowest BCUT2D eigenvalue weighted by molar-refractivity contribution is -0.125. The zero-order chi connectivity index (χ0) is 18.0. The summed E-state index contributed by atoms with van der Waals surface area (Å²) in [5.41, 5.74) is 0.555. The van der Waals surface area contributed by atoms with Crippen LogP contribution in [0.1, 0.15) is 39.5 Å². The molecule has 25 heavy (non-hydrogen) atoms. The monoisotopic (exact) mass is 363 g/mol. The smallest absolute Gasteiger partial charge is 0.286 e. The van der Waals surface area contributed by atoms with E-state index in [1.807, 2.05) is 0 Å². The molecule has 3 rings (SSSR count). The Morgan fingerprint density at radius 1 is 1.24 bits per heavy atom. The van der Waals surface area contributed by atoms with Crippen LogP contribution < -0.4 is 5.01 Å². The van der Waals surface area contributed by atoms with Crippen LogP contribution in [0.3, 0.4) is 0 Å². The Morgan fingerprint density at radius 3 is 2.60 bits per heavy atom. The largest absolute Gasteiger partial charge is 0.337 e. The summed E-state index contributed by atoms with van der Waals surface area (Å²) >= 11 is 0. The molecule has 0 unspecified atom stereocenters. The molecule has 0 N–H and O–H groups in total. The van der Waals surface area contributed by atoms with Crippen LogP contribution in [0.25, 0.3) is 0 Å². The Morgan fingerprint density at radius 2 is 1.92 bits per heavy atom. The molecular formula is C18H25N3O3S. The summed E-state index contributed by atoms with van der Waals surface area (Å²) < 4.78 is 25.9. The lowest BCUT2D eigenvalue weighted by Crippen LogP contribution is -2.46. The van der Waals surface area contributed by atoms with E-state index < -0.39 is 15.7 Å². The Kier molecular flexibility index (Phi) is 5.13. The van der Waals surface area contributed by atoms with E-state index in [4.69, 9.17) is 0 Å². The normalized spacial score (nSPS) is 20.2. The SMILES string of the molecule is CCCCN1N=C(C(=O)N2CCC(C)CC2)S(=O)(=O)c2ccccc21. The summed E-state index contributed by atoms with van der Waals surface area (Å²) in [5, 5.41) is 5.61. The quantitative estimate of drug-likeness (QED) is 0.825. The van der Waals surface area contributed by atoms with Gasteiger partial charge in [0.15, 0.2) is 0 Å². The number of hydrogen-bond donors (Lipinski definition) is 0. The van der Waals surface area contributed by atoms with Gasteiger partial charge in [-0.3, -0.25) is 9.80 Å². The number of carbonyl (C=O) groups is 1. The number of hydrazone groups is 1. The molecule has 2 aliphatic rings. The van der Waals surface area contributed by atoms with Gasteiger partial charge in [-0.15, -0.1) is 0 Å². The van der Waals surface area contributed by atoms with Gasteiger partial charge in [-0.1, -0.05) is 32.4 Å². The molecule has 0 radical (unpaired) electrons. The van der Waals surface area contributed by atoms with Crippen molar-refractivity contribution in [3.05, 3.63) is 24.3 Å².